The van der Waals surface area contributed by atoms with E-state index in [1.54, 1.807) is 12.1 Å². The fraction of sp³-hybridized carbons (Fsp3) is 0.417. The summed E-state index contributed by atoms with van der Waals surface area (Å²) >= 11 is 0. The van der Waals surface area contributed by atoms with Crippen LogP contribution in [0.5, 0.6) is 0 Å². The largest absolute Gasteiger partial charge is 0.481 e. The molecule has 0 bridgehead atoms. The second-order valence-electron chi connectivity index (χ2n) is 4.31. The molecule has 1 N–H and O–H groups in total. The van der Waals surface area contributed by atoms with E-state index in [4.69, 9.17) is 5.11 Å². The third kappa shape index (κ3) is 2.49. The van der Waals surface area contributed by atoms with Gasteiger partial charge in [0.15, 0.2) is 9.84 Å². The summed E-state index contributed by atoms with van der Waals surface area (Å²) in [6, 6.07) is 6.15. The molecular weight excluding hydrogens is 240 g/mol. The molecule has 0 amide bonds. The van der Waals surface area contributed by atoms with Crippen LogP contribution in [0.1, 0.15) is 24.8 Å². The van der Waals surface area contributed by atoms with Gasteiger partial charge in [0.25, 0.3) is 0 Å². The average molecular weight is 254 g/mol. The van der Waals surface area contributed by atoms with Crippen LogP contribution in [0.3, 0.4) is 0 Å². The Morgan fingerprint density at radius 3 is 2.24 bits per heavy atom. The van der Waals surface area contributed by atoms with Crippen molar-refractivity contribution in [3.63, 3.8) is 0 Å². The third-order valence-corrected chi connectivity index (χ3v) is 5.38. The molecule has 1 aromatic carbocycles. The number of sulfone groups is 1. The van der Waals surface area contributed by atoms with Crippen molar-refractivity contribution in [2.24, 2.45) is 0 Å². The van der Waals surface area contributed by atoms with Crippen molar-refractivity contribution in [1.82, 2.24) is 0 Å². The van der Waals surface area contributed by atoms with Crippen LogP contribution >= 0.6 is 0 Å². The maximum atomic E-state index is 12.0. The molecule has 0 atom stereocenters. The van der Waals surface area contributed by atoms with Crippen LogP contribution in [-0.4, -0.2) is 24.7 Å². The van der Waals surface area contributed by atoms with Gasteiger partial charge in [-0.15, -0.1) is 0 Å². The van der Waals surface area contributed by atoms with Crippen molar-refractivity contribution in [2.75, 3.05) is 0 Å². The number of hydrogen-bond acceptors (Lipinski definition) is 3. The SMILES string of the molecule is O=C(O)Cc1ccc(S(=O)(=O)C2CCC2)cc1. The first-order valence-corrected chi connectivity index (χ1v) is 7.09. The summed E-state index contributed by atoms with van der Waals surface area (Å²) in [5.74, 6) is -0.917. The minimum absolute atomic E-state index is 0.0796. The van der Waals surface area contributed by atoms with Gasteiger partial charge in [0.1, 0.15) is 0 Å². The Bertz CT molecular complexity index is 512. The number of carboxylic acid groups (broad SMARTS) is 1. The maximum absolute atomic E-state index is 12.0. The fourth-order valence-electron chi connectivity index (χ4n) is 1.85. The van der Waals surface area contributed by atoms with E-state index >= 15 is 0 Å². The highest BCUT2D eigenvalue weighted by Crippen LogP contribution is 2.31. The minimum Gasteiger partial charge on any atom is -0.481 e. The first-order chi connectivity index (χ1) is 8.00. The molecule has 17 heavy (non-hydrogen) atoms. The molecule has 1 aromatic rings. The lowest BCUT2D eigenvalue weighted by atomic mass is 10.00. The highest BCUT2D eigenvalue weighted by Gasteiger charge is 2.32. The predicted octanol–water partition coefficient (Wildman–Crippen LogP) is 1.64. The number of aliphatic carboxylic acids is 1. The number of benzene rings is 1. The summed E-state index contributed by atoms with van der Waals surface area (Å²) in [7, 11) is -3.19. The smallest absolute Gasteiger partial charge is 0.307 e. The molecule has 0 unspecified atom stereocenters. The number of hydrogen-bond donors (Lipinski definition) is 1. The van der Waals surface area contributed by atoms with Gasteiger partial charge >= 0.3 is 5.97 Å². The van der Waals surface area contributed by atoms with Gasteiger partial charge in [0, 0.05) is 0 Å². The normalized spacial score (nSPS) is 16.5. The summed E-state index contributed by atoms with van der Waals surface area (Å²) in [6.45, 7) is 0. The summed E-state index contributed by atoms with van der Waals surface area (Å²) < 4.78 is 24.1. The van der Waals surface area contributed by atoms with Crippen LogP contribution in [0.2, 0.25) is 0 Å². The Labute approximate surface area is 100 Å². The van der Waals surface area contributed by atoms with Crippen LogP contribution < -0.4 is 0 Å². The highest BCUT2D eigenvalue weighted by molar-refractivity contribution is 7.92. The van der Waals surface area contributed by atoms with Crippen molar-refractivity contribution < 1.29 is 18.3 Å². The van der Waals surface area contributed by atoms with Crippen LogP contribution in [0, 0.1) is 0 Å². The number of rotatable bonds is 4. The van der Waals surface area contributed by atoms with E-state index in [1.807, 2.05) is 0 Å². The van der Waals surface area contributed by atoms with Gasteiger partial charge in [-0.3, -0.25) is 4.79 Å². The van der Waals surface area contributed by atoms with Crippen LogP contribution in [0.25, 0.3) is 0 Å². The Morgan fingerprint density at radius 1 is 1.24 bits per heavy atom. The van der Waals surface area contributed by atoms with Crippen molar-refractivity contribution >= 4 is 15.8 Å². The van der Waals surface area contributed by atoms with E-state index in [0.29, 0.717) is 10.5 Å². The second-order valence-corrected chi connectivity index (χ2v) is 6.54. The van der Waals surface area contributed by atoms with Crippen LogP contribution in [0.4, 0.5) is 0 Å². The first-order valence-electron chi connectivity index (χ1n) is 5.55. The van der Waals surface area contributed by atoms with Crippen molar-refractivity contribution in [2.45, 2.75) is 35.8 Å². The Morgan fingerprint density at radius 2 is 1.82 bits per heavy atom. The van der Waals surface area contributed by atoms with Gasteiger partial charge in [0.05, 0.1) is 16.6 Å². The van der Waals surface area contributed by atoms with Crippen molar-refractivity contribution in [3.8, 4) is 0 Å². The highest BCUT2D eigenvalue weighted by atomic mass is 32.2. The van der Waals surface area contributed by atoms with E-state index in [9.17, 15) is 13.2 Å². The van der Waals surface area contributed by atoms with Crippen LogP contribution in [0.15, 0.2) is 29.2 Å². The molecular formula is C12H14O4S. The van der Waals surface area contributed by atoms with E-state index in [1.165, 1.54) is 12.1 Å². The standard InChI is InChI=1S/C12H14O4S/c13-12(14)8-9-4-6-11(7-5-9)17(15,16)10-2-1-3-10/h4-7,10H,1-3,8H2,(H,13,14). The zero-order chi connectivity index (χ0) is 12.5. The first kappa shape index (κ1) is 12.1. The maximum Gasteiger partial charge on any atom is 0.307 e. The Balaban J connectivity index is 2.20. The van der Waals surface area contributed by atoms with Gasteiger partial charge in [-0.2, -0.15) is 0 Å². The Kier molecular flexibility index (Phi) is 3.19. The number of carboxylic acids is 1. The van der Waals surface area contributed by atoms with Crippen LogP contribution in [-0.2, 0) is 21.1 Å². The summed E-state index contributed by atoms with van der Waals surface area (Å²) in [4.78, 5) is 10.8. The van der Waals surface area contributed by atoms with E-state index in [-0.39, 0.29) is 11.7 Å². The molecule has 1 saturated carbocycles. The minimum atomic E-state index is -3.19. The second kappa shape index (κ2) is 4.49. The molecule has 1 aliphatic rings. The average Bonchev–Trinajstić information content (AvgIpc) is 2.13. The van der Waals surface area contributed by atoms with Gasteiger partial charge in [-0.25, -0.2) is 8.42 Å². The molecule has 5 heteroatoms. The lowest BCUT2D eigenvalue weighted by Gasteiger charge is -2.25. The predicted molar refractivity (Wildman–Crippen MR) is 62.6 cm³/mol. The fourth-order valence-corrected chi connectivity index (χ4v) is 3.70. The summed E-state index contributed by atoms with van der Waals surface area (Å²) in [5, 5.41) is 8.37. The lowest BCUT2D eigenvalue weighted by Crippen LogP contribution is -2.28. The molecule has 2 rings (SSSR count). The van der Waals surface area contributed by atoms with Crippen molar-refractivity contribution in [3.05, 3.63) is 29.8 Å². The molecule has 0 radical (unpaired) electrons. The molecule has 0 saturated heterocycles. The molecule has 4 nitrogen and oxygen atoms in total. The molecule has 0 aromatic heterocycles. The monoisotopic (exact) mass is 254 g/mol. The van der Waals surface area contributed by atoms with E-state index in [2.05, 4.69) is 0 Å². The molecule has 0 aliphatic heterocycles. The summed E-state index contributed by atoms with van der Waals surface area (Å²) in [6.07, 6.45) is 2.36. The molecule has 92 valence electrons. The molecule has 1 aliphatic carbocycles. The molecule has 0 spiro atoms. The molecule has 1 fully saturated rings. The van der Waals surface area contributed by atoms with Gasteiger partial charge in [0.2, 0.25) is 0 Å². The van der Waals surface area contributed by atoms with E-state index < -0.39 is 15.8 Å². The van der Waals surface area contributed by atoms with Gasteiger partial charge in [-0.05, 0) is 30.5 Å². The zero-order valence-electron chi connectivity index (χ0n) is 9.30. The zero-order valence-corrected chi connectivity index (χ0v) is 10.1. The third-order valence-electron chi connectivity index (χ3n) is 3.10. The van der Waals surface area contributed by atoms with E-state index in [0.717, 1.165) is 19.3 Å². The molecule has 0 heterocycles. The van der Waals surface area contributed by atoms with Crippen molar-refractivity contribution in [1.29, 1.82) is 0 Å². The summed E-state index contributed by atoms with van der Waals surface area (Å²) in [5.41, 5.74) is 0.616. The topological polar surface area (TPSA) is 71.4 Å². The lowest BCUT2D eigenvalue weighted by molar-refractivity contribution is -0.136. The number of carbonyl (C=O) groups is 1. The van der Waals surface area contributed by atoms with Gasteiger partial charge < -0.3 is 5.11 Å². The quantitative estimate of drug-likeness (QED) is 0.886. The van der Waals surface area contributed by atoms with Gasteiger partial charge in [-0.1, -0.05) is 18.6 Å². The Hall–Kier alpha value is -1.36.